The molecular weight excluding hydrogens is 315 g/mol. The third-order valence-corrected chi connectivity index (χ3v) is 5.09. The molecule has 1 saturated heterocycles. The fourth-order valence-electron chi connectivity index (χ4n) is 2.36. The van der Waals surface area contributed by atoms with Crippen molar-refractivity contribution in [3.63, 3.8) is 0 Å². The Hall–Kier alpha value is -1.09. The van der Waals surface area contributed by atoms with Crippen LogP contribution in [0.15, 0.2) is 23.1 Å². The molecule has 0 aromatic heterocycles. The Kier molecular flexibility index (Phi) is 4.92. The molecule has 21 heavy (non-hydrogen) atoms. The average Bonchev–Trinajstić information content (AvgIpc) is 2.37. The van der Waals surface area contributed by atoms with Crippen LogP contribution in [-0.2, 0) is 14.8 Å². The lowest BCUT2D eigenvalue weighted by molar-refractivity contribution is 0.0173. The summed E-state index contributed by atoms with van der Waals surface area (Å²) in [6, 6.07) is 3.49. The molecule has 116 valence electrons. The van der Waals surface area contributed by atoms with Crippen molar-refractivity contribution in [3.8, 4) is 0 Å². The van der Waals surface area contributed by atoms with Crippen molar-refractivity contribution in [2.75, 3.05) is 6.61 Å². The molecule has 0 spiro atoms. The maximum Gasteiger partial charge on any atom is 0.241 e. The van der Waals surface area contributed by atoms with E-state index in [0.29, 0.717) is 19.4 Å². The molecule has 1 fully saturated rings. The summed E-state index contributed by atoms with van der Waals surface area (Å²) in [6.45, 7) is 2.36. The van der Waals surface area contributed by atoms with Gasteiger partial charge in [0.25, 0.3) is 0 Å². The lowest BCUT2D eigenvalue weighted by Gasteiger charge is -2.28. The Morgan fingerprint density at radius 1 is 1.52 bits per heavy atom. The number of sulfonamides is 1. The first-order chi connectivity index (χ1) is 9.81. The highest BCUT2D eigenvalue weighted by molar-refractivity contribution is 7.89. The maximum atomic E-state index is 13.8. The zero-order valence-corrected chi connectivity index (χ0v) is 13.1. The normalized spacial score (nSPS) is 23.0. The lowest BCUT2D eigenvalue weighted by Crippen LogP contribution is -2.41. The fraction of sp³-hybridized carbons (Fsp3) is 0.462. The molecule has 2 atom stereocenters. The number of nitrogens with one attached hydrogen (secondary N) is 1. The molecule has 3 N–H and O–H groups in total. The second-order valence-electron chi connectivity index (χ2n) is 5.00. The summed E-state index contributed by atoms with van der Waals surface area (Å²) in [6.07, 6.45) is 1.12. The highest BCUT2D eigenvalue weighted by Gasteiger charge is 2.28. The minimum Gasteiger partial charge on any atom is -0.389 e. The van der Waals surface area contributed by atoms with Crippen LogP contribution < -0.4 is 10.5 Å². The predicted octanol–water partition coefficient (Wildman–Crippen LogP) is 1.31. The maximum absolute atomic E-state index is 13.8. The molecular formula is C13H17FN2O3S2. The van der Waals surface area contributed by atoms with Crippen molar-refractivity contribution >= 4 is 27.2 Å². The van der Waals surface area contributed by atoms with Crippen LogP contribution in [0.5, 0.6) is 0 Å². The second kappa shape index (κ2) is 6.35. The standard InChI is InChI=1S/C13H17FN2O3S2/c1-8-7-9(5-6-19-8)16-21(17,18)11-4-2-3-10(14)12(11)13(15)20/h2-4,8-9,16H,5-7H2,1H3,(H2,15,20). The van der Waals surface area contributed by atoms with E-state index in [0.717, 1.165) is 6.07 Å². The quantitative estimate of drug-likeness (QED) is 0.813. The monoisotopic (exact) mass is 332 g/mol. The van der Waals surface area contributed by atoms with Crippen LogP contribution in [0.1, 0.15) is 25.3 Å². The molecule has 8 heteroatoms. The first-order valence-corrected chi connectivity index (χ1v) is 8.42. The number of hydrogen-bond acceptors (Lipinski definition) is 4. The van der Waals surface area contributed by atoms with E-state index in [9.17, 15) is 12.8 Å². The molecule has 1 aromatic carbocycles. The molecule has 5 nitrogen and oxygen atoms in total. The predicted molar refractivity (Wildman–Crippen MR) is 81.0 cm³/mol. The number of rotatable bonds is 4. The molecule has 0 saturated carbocycles. The van der Waals surface area contributed by atoms with Crippen molar-refractivity contribution in [2.24, 2.45) is 5.73 Å². The van der Waals surface area contributed by atoms with Gasteiger partial charge in [0, 0.05) is 12.6 Å². The van der Waals surface area contributed by atoms with Crippen LogP contribution in [0.25, 0.3) is 0 Å². The lowest BCUT2D eigenvalue weighted by atomic mass is 10.1. The molecule has 0 aliphatic carbocycles. The van der Waals surface area contributed by atoms with Crippen LogP contribution in [0.2, 0.25) is 0 Å². The summed E-state index contributed by atoms with van der Waals surface area (Å²) in [5.41, 5.74) is 5.20. The van der Waals surface area contributed by atoms with Crippen molar-refractivity contribution in [1.82, 2.24) is 4.72 Å². The molecule has 1 aliphatic heterocycles. The smallest absolute Gasteiger partial charge is 0.241 e. The molecule has 0 radical (unpaired) electrons. The molecule has 1 aliphatic rings. The van der Waals surface area contributed by atoms with Crippen LogP contribution in [0.3, 0.4) is 0 Å². The van der Waals surface area contributed by atoms with E-state index in [-0.39, 0.29) is 27.6 Å². The largest absolute Gasteiger partial charge is 0.389 e. The first kappa shape index (κ1) is 16.3. The average molecular weight is 332 g/mol. The van der Waals surface area contributed by atoms with Gasteiger partial charge in [0.1, 0.15) is 10.8 Å². The van der Waals surface area contributed by atoms with Gasteiger partial charge in [-0.2, -0.15) is 0 Å². The summed E-state index contributed by atoms with van der Waals surface area (Å²) in [7, 11) is -3.89. The van der Waals surface area contributed by atoms with Gasteiger partial charge in [0.05, 0.1) is 16.6 Å². The van der Waals surface area contributed by atoms with Gasteiger partial charge in [-0.05, 0) is 31.9 Å². The molecule has 0 bridgehead atoms. The SMILES string of the molecule is CC1CC(NS(=O)(=O)c2cccc(F)c2C(N)=S)CCO1. The Bertz CT molecular complexity index is 649. The van der Waals surface area contributed by atoms with Gasteiger partial charge in [-0.25, -0.2) is 17.5 Å². The summed E-state index contributed by atoms with van der Waals surface area (Å²) < 4.78 is 46.6. The summed E-state index contributed by atoms with van der Waals surface area (Å²) in [5, 5.41) is 0. The van der Waals surface area contributed by atoms with Crippen LogP contribution in [-0.4, -0.2) is 32.2 Å². The summed E-state index contributed by atoms with van der Waals surface area (Å²) >= 11 is 4.75. The Labute approximate surface area is 128 Å². The van der Waals surface area contributed by atoms with Gasteiger partial charge in [-0.15, -0.1) is 0 Å². The van der Waals surface area contributed by atoms with Crippen LogP contribution >= 0.6 is 12.2 Å². The van der Waals surface area contributed by atoms with E-state index in [1.165, 1.54) is 12.1 Å². The zero-order valence-electron chi connectivity index (χ0n) is 11.5. The van der Waals surface area contributed by atoms with Gasteiger partial charge in [0.2, 0.25) is 10.0 Å². The molecule has 1 heterocycles. The van der Waals surface area contributed by atoms with Gasteiger partial charge in [0.15, 0.2) is 0 Å². The molecule has 2 unspecified atom stereocenters. The summed E-state index contributed by atoms with van der Waals surface area (Å²) in [4.78, 5) is -0.511. The number of benzene rings is 1. The van der Waals surface area contributed by atoms with E-state index >= 15 is 0 Å². The van der Waals surface area contributed by atoms with E-state index in [2.05, 4.69) is 4.72 Å². The first-order valence-electron chi connectivity index (χ1n) is 6.53. The van der Waals surface area contributed by atoms with Gasteiger partial charge >= 0.3 is 0 Å². The third-order valence-electron chi connectivity index (χ3n) is 3.32. The number of hydrogen-bond donors (Lipinski definition) is 2. The minimum absolute atomic E-state index is 0.0194. The highest BCUT2D eigenvalue weighted by atomic mass is 32.2. The van der Waals surface area contributed by atoms with Crippen LogP contribution in [0, 0.1) is 5.82 Å². The third kappa shape index (κ3) is 3.76. The zero-order chi connectivity index (χ0) is 15.6. The minimum atomic E-state index is -3.89. The van der Waals surface area contributed by atoms with Crippen molar-refractivity contribution in [1.29, 1.82) is 0 Å². The number of nitrogens with two attached hydrogens (primary N) is 1. The van der Waals surface area contributed by atoms with E-state index in [1.54, 1.807) is 0 Å². The summed E-state index contributed by atoms with van der Waals surface area (Å²) in [5.74, 6) is -0.745. The molecule has 2 rings (SSSR count). The van der Waals surface area contributed by atoms with Crippen molar-refractivity contribution in [3.05, 3.63) is 29.6 Å². The van der Waals surface area contributed by atoms with Crippen molar-refractivity contribution < 1.29 is 17.5 Å². The topological polar surface area (TPSA) is 81.4 Å². The Morgan fingerprint density at radius 3 is 2.86 bits per heavy atom. The molecule has 1 aromatic rings. The number of halogens is 1. The number of ether oxygens (including phenoxy) is 1. The van der Waals surface area contributed by atoms with E-state index < -0.39 is 15.8 Å². The Balaban J connectivity index is 2.32. The van der Waals surface area contributed by atoms with Crippen molar-refractivity contribution in [2.45, 2.75) is 36.8 Å². The molecule has 0 amide bonds. The fourth-order valence-corrected chi connectivity index (χ4v) is 4.14. The number of thiocarbonyl (C=S) groups is 1. The second-order valence-corrected chi connectivity index (χ2v) is 7.12. The van der Waals surface area contributed by atoms with Gasteiger partial charge in [-0.3, -0.25) is 0 Å². The van der Waals surface area contributed by atoms with Crippen LogP contribution in [0.4, 0.5) is 4.39 Å². The Morgan fingerprint density at radius 2 is 2.24 bits per heavy atom. The van der Waals surface area contributed by atoms with E-state index in [4.69, 9.17) is 22.7 Å². The highest BCUT2D eigenvalue weighted by Crippen LogP contribution is 2.21. The van der Waals surface area contributed by atoms with Gasteiger partial charge < -0.3 is 10.5 Å². The van der Waals surface area contributed by atoms with Gasteiger partial charge in [-0.1, -0.05) is 18.3 Å². The van der Waals surface area contributed by atoms with E-state index in [1.807, 2.05) is 6.92 Å².